The molecular weight excluding hydrogens is 284 g/mol. The molecular formula is C12H18N2O3S2. The third-order valence-corrected chi connectivity index (χ3v) is 4.18. The number of amides is 2. The Hall–Kier alpha value is -1.05. The van der Waals surface area contributed by atoms with E-state index in [1.54, 1.807) is 23.9 Å². The molecule has 1 aromatic heterocycles. The van der Waals surface area contributed by atoms with Gasteiger partial charge in [0.25, 0.3) is 5.91 Å². The third-order valence-electron chi connectivity index (χ3n) is 2.11. The second-order valence-electron chi connectivity index (χ2n) is 3.79. The minimum absolute atomic E-state index is 0.121. The molecule has 1 aromatic rings. The van der Waals surface area contributed by atoms with E-state index in [1.165, 1.54) is 18.3 Å². The van der Waals surface area contributed by atoms with Gasteiger partial charge in [-0.25, -0.2) is 0 Å². The highest BCUT2D eigenvalue weighted by molar-refractivity contribution is 7.99. The number of hydrogen-bond donors (Lipinski definition) is 3. The van der Waals surface area contributed by atoms with Crippen LogP contribution in [-0.2, 0) is 4.79 Å². The van der Waals surface area contributed by atoms with Crippen LogP contribution in [0.1, 0.15) is 23.0 Å². The molecule has 7 heteroatoms. The first-order valence-electron chi connectivity index (χ1n) is 5.97. The maximum Gasteiger partial charge on any atom is 0.261 e. The summed E-state index contributed by atoms with van der Waals surface area (Å²) >= 11 is 2.96. The van der Waals surface area contributed by atoms with Crippen LogP contribution in [0.15, 0.2) is 12.1 Å². The quantitative estimate of drug-likeness (QED) is 0.637. The summed E-state index contributed by atoms with van der Waals surface area (Å²) in [4.78, 5) is 23.2. The number of rotatable bonds is 8. The van der Waals surface area contributed by atoms with Gasteiger partial charge < -0.3 is 15.7 Å². The predicted octanol–water partition coefficient (Wildman–Crippen LogP) is 1.55. The van der Waals surface area contributed by atoms with Crippen molar-refractivity contribution in [2.24, 2.45) is 0 Å². The third kappa shape index (κ3) is 6.60. The van der Waals surface area contributed by atoms with Crippen molar-refractivity contribution in [3.63, 3.8) is 0 Å². The van der Waals surface area contributed by atoms with E-state index in [-0.39, 0.29) is 18.4 Å². The molecule has 2 amide bonds. The van der Waals surface area contributed by atoms with Crippen LogP contribution in [0.2, 0.25) is 0 Å². The minimum atomic E-state index is -0.144. The molecule has 0 aromatic carbocycles. The summed E-state index contributed by atoms with van der Waals surface area (Å²) in [6.07, 6.45) is 0.781. The summed E-state index contributed by atoms with van der Waals surface area (Å²) in [5.41, 5.74) is 0. The van der Waals surface area contributed by atoms with Gasteiger partial charge >= 0.3 is 0 Å². The Balaban J connectivity index is 2.25. The number of thioether (sulfide) groups is 1. The van der Waals surface area contributed by atoms with Gasteiger partial charge in [-0.1, -0.05) is 0 Å². The molecule has 0 aliphatic rings. The Bertz CT molecular complexity index is 421. The number of aliphatic hydroxyl groups excluding tert-OH is 1. The second kappa shape index (κ2) is 8.95. The van der Waals surface area contributed by atoms with Crippen molar-refractivity contribution in [2.45, 2.75) is 13.3 Å². The van der Waals surface area contributed by atoms with Crippen molar-refractivity contribution in [1.82, 2.24) is 5.32 Å². The number of nitrogens with one attached hydrogen (secondary N) is 2. The molecule has 3 N–H and O–H groups in total. The molecule has 0 radical (unpaired) electrons. The lowest BCUT2D eigenvalue weighted by molar-refractivity contribution is -0.114. The molecule has 0 spiro atoms. The zero-order chi connectivity index (χ0) is 14.1. The van der Waals surface area contributed by atoms with Gasteiger partial charge in [0.2, 0.25) is 5.91 Å². The average molecular weight is 302 g/mol. The van der Waals surface area contributed by atoms with Gasteiger partial charge in [-0.15, -0.1) is 11.3 Å². The van der Waals surface area contributed by atoms with E-state index in [2.05, 4.69) is 10.6 Å². The van der Waals surface area contributed by atoms with Crippen LogP contribution in [0.25, 0.3) is 0 Å². The maximum absolute atomic E-state index is 11.8. The molecule has 0 aliphatic heterocycles. The van der Waals surface area contributed by atoms with Crippen LogP contribution in [0.3, 0.4) is 0 Å². The van der Waals surface area contributed by atoms with Crippen LogP contribution in [-0.4, -0.2) is 41.6 Å². The molecule has 0 unspecified atom stereocenters. The number of thiophene rings is 1. The molecule has 0 fully saturated rings. The summed E-state index contributed by atoms with van der Waals surface area (Å²) in [6.45, 7) is 2.24. The van der Waals surface area contributed by atoms with Crippen molar-refractivity contribution in [3.05, 3.63) is 17.0 Å². The van der Waals surface area contributed by atoms with Crippen molar-refractivity contribution >= 4 is 39.9 Å². The SMILES string of the molecule is CC(=O)Nc1ccc(C(=O)NCCSCCCO)s1. The van der Waals surface area contributed by atoms with Crippen LogP contribution in [0.4, 0.5) is 5.00 Å². The standard InChI is InChI=1S/C12H18N2O3S2/c1-9(16)14-11-4-3-10(19-11)12(17)13-5-8-18-7-2-6-15/h3-4,15H,2,5-8H2,1H3,(H,13,17)(H,14,16). The molecule has 0 saturated heterocycles. The normalized spacial score (nSPS) is 10.2. The summed E-state index contributed by atoms with van der Waals surface area (Å²) in [6, 6.07) is 3.42. The van der Waals surface area contributed by atoms with Gasteiger partial charge in [0.15, 0.2) is 0 Å². The summed E-state index contributed by atoms with van der Waals surface area (Å²) in [5.74, 6) is 1.46. The van der Waals surface area contributed by atoms with Gasteiger partial charge in [0, 0.05) is 25.8 Å². The van der Waals surface area contributed by atoms with Gasteiger partial charge in [0.1, 0.15) is 0 Å². The smallest absolute Gasteiger partial charge is 0.261 e. The topological polar surface area (TPSA) is 78.4 Å². The van der Waals surface area contributed by atoms with Crippen molar-refractivity contribution in [2.75, 3.05) is 30.0 Å². The Labute approximate surface area is 120 Å². The van der Waals surface area contributed by atoms with Crippen molar-refractivity contribution < 1.29 is 14.7 Å². The molecule has 5 nitrogen and oxygen atoms in total. The number of carbonyl (C=O) groups is 2. The van der Waals surface area contributed by atoms with Crippen molar-refractivity contribution in [3.8, 4) is 0 Å². The van der Waals surface area contributed by atoms with Gasteiger partial charge in [-0.2, -0.15) is 11.8 Å². The molecule has 1 heterocycles. The second-order valence-corrected chi connectivity index (χ2v) is 6.10. The number of anilines is 1. The maximum atomic E-state index is 11.8. The highest BCUT2D eigenvalue weighted by Crippen LogP contribution is 2.21. The molecule has 0 atom stereocenters. The molecule has 0 aliphatic carbocycles. The Morgan fingerprint density at radius 1 is 1.37 bits per heavy atom. The van der Waals surface area contributed by atoms with E-state index < -0.39 is 0 Å². The lowest BCUT2D eigenvalue weighted by Gasteiger charge is -2.03. The van der Waals surface area contributed by atoms with E-state index in [1.807, 2.05) is 0 Å². The average Bonchev–Trinajstić information content (AvgIpc) is 2.81. The van der Waals surface area contributed by atoms with E-state index >= 15 is 0 Å². The van der Waals surface area contributed by atoms with Crippen molar-refractivity contribution in [1.29, 1.82) is 0 Å². The summed E-state index contributed by atoms with van der Waals surface area (Å²) in [5, 5.41) is 14.7. The monoisotopic (exact) mass is 302 g/mol. The number of hydrogen-bond acceptors (Lipinski definition) is 5. The van der Waals surface area contributed by atoms with Crippen LogP contribution >= 0.6 is 23.1 Å². The number of aliphatic hydroxyl groups is 1. The highest BCUT2D eigenvalue weighted by Gasteiger charge is 2.09. The Kier molecular flexibility index (Phi) is 7.54. The summed E-state index contributed by atoms with van der Waals surface area (Å²) < 4.78 is 0. The Morgan fingerprint density at radius 3 is 2.84 bits per heavy atom. The van der Waals surface area contributed by atoms with E-state index in [4.69, 9.17) is 5.11 Å². The molecule has 0 saturated carbocycles. The van der Waals surface area contributed by atoms with E-state index in [9.17, 15) is 9.59 Å². The minimum Gasteiger partial charge on any atom is -0.396 e. The van der Waals surface area contributed by atoms with E-state index in [0.717, 1.165) is 17.9 Å². The Morgan fingerprint density at radius 2 is 2.16 bits per heavy atom. The fourth-order valence-corrected chi connectivity index (χ4v) is 2.95. The summed E-state index contributed by atoms with van der Waals surface area (Å²) in [7, 11) is 0. The highest BCUT2D eigenvalue weighted by atomic mass is 32.2. The van der Waals surface area contributed by atoms with Crippen LogP contribution in [0.5, 0.6) is 0 Å². The van der Waals surface area contributed by atoms with Gasteiger partial charge in [0.05, 0.1) is 9.88 Å². The first kappa shape index (κ1) is 16.0. The molecule has 0 bridgehead atoms. The first-order valence-corrected chi connectivity index (χ1v) is 7.95. The zero-order valence-corrected chi connectivity index (χ0v) is 12.4. The van der Waals surface area contributed by atoms with Gasteiger partial charge in [-0.05, 0) is 24.3 Å². The molecule has 106 valence electrons. The molecule has 19 heavy (non-hydrogen) atoms. The fourth-order valence-electron chi connectivity index (χ4n) is 1.29. The zero-order valence-electron chi connectivity index (χ0n) is 10.8. The largest absolute Gasteiger partial charge is 0.396 e. The van der Waals surface area contributed by atoms with E-state index in [0.29, 0.717) is 16.4 Å². The number of carbonyl (C=O) groups excluding carboxylic acids is 2. The van der Waals surface area contributed by atoms with Crippen LogP contribution < -0.4 is 10.6 Å². The lowest BCUT2D eigenvalue weighted by atomic mass is 10.4. The van der Waals surface area contributed by atoms with Crippen LogP contribution in [0, 0.1) is 0 Å². The van der Waals surface area contributed by atoms with Gasteiger partial charge in [-0.3, -0.25) is 9.59 Å². The molecule has 1 rings (SSSR count). The first-order chi connectivity index (χ1) is 9.13. The fraction of sp³-hybridized carbons (Fsp3) is 0.500. The predicted molar refractivity (Wildman–Crippen MR) is 80.0 cm³/mol. The lowest BCUT2D eigenvalue weighted by Crippen LogP contribution is -2.24.